The standard InChI is InChI=1S/C25H40N4O5/c1-2-3-4-5-6-7-8-9-10-11-12-13-14-22(31)27-21-15-16-29(25(33)28-21)24-19(17-26)23(32)20(18-30)34-24/h15-16,19-20,23-24,30,32H,2-14,18H2,1H3,(H,27,28,31,33)/t19?,20-,23?,24-/m1/s1. The first-order valence-electron chi connectivity index (χ1n) is 12.7. The van der Waals surface area contributed by atoms with Crippen LogP contribution >= 0.6 is 0 Å². The molecule has 0 saturated carbocycles. The third kappa shape index (κ3) is 8.82. The van der Waals surface area contributed by atoms with E-state index in [4.69, 9.17) is 4.74 Å². The van der Waals surface area contributed by atoms with Crippen molar-refractivity contribution in [2.45, 2.75) is 109 Å². The van der Waals surface area contributed by atoms with Crippen molar-refractivity contribution in [1.29, 1.82) is 5.26 Å². The minimum atomic E-state index is -1.21. The number of nitrogens with one attached hydrogen (secondary N) is 1. The predicted octanol–water partition coefficient (Wildman–Crippen LogP) is 3.66. The molecule has 2 unspecified atom stereocenters. The van der Waals surface area contributed by atoms with Gasteiger partial charge >= 0.3 is 5.69 Å². The summed E-state index contributed by atoms with van der Waals surface area (Å²) in [6.07, 6.45) is 13.2. The van der Waals surface area contributed by atoms with Crippen molar-refractivity contribution in [3.8, 4) is 6.07 Å². The van der Waals surface area contributed by atoms with Gasteiger partial charge in [0.05, 0.1) is 12.7 Å². The molecule has 2 rings (SSSR count). The van der Waals surface area contributed by atoms with Crippen LogP contribution in [0.4, 0.5) is 5.82 Å². The summed E-state index contributed by atoms with van der Waals surface area (Å²) in [5, 5.41) is 31.3. The molecule has 2 heterocycles. The summed E-state index contributed by atoms with van der Waals surface area (Å²) >= 11 is 0. The molecule has 1 aliphatic rings. The van der Waals surface area contributed by atoms with Crippen LogP contribution < -0.4 is 11.0 Å². The zero-order valence-electron chi connectivity index (χ0n) is 20.3. The first-order chi connectivity index (χ1) is 16.5. The molecule has 1 fully saturated rings. The Balaban J connectivity index is 1.65. The lowest BCUT2D eigenvalue weighted by molar-refractivity contribution is -0.116. The number of rotatable bonds is 16. The maximum absolute atomic E-state index is 12.4. The van der Waals surface area contributed by atoms with Crippen molar-refractivity contribution in [3.05, 3.63) is 22.7 Å². The molecule has 4 atom stereocenters. The number of nitrogens with zero attached hydrogens (tertiary/aromatic N) is 3. The molecule has 0 aromatic carbocycles. The molecule has 1 aliphatic heterocycles. The van der Waals surface area contributed by atoms with Crippen molar-refractivity contribution in [2.75, 3.05) is 11.9 Å². The molecule has 0 bridgehead atoms. The second kappa shape index (κ2) is 15.6. The highest BCUT2D eigenvalue weighted by Gasteiger charge is 2.45. The number of aromatic nitrogens is 2. The van der Waals surface area contributed by atoms with E-state index < -0.39 is 36.7 Å². The molecule has 3 N–H and O–H groups in total. The van der Waals surface area contributed by atoms with Gasteiger partial charge < -0.3 is 20.3 Å². The summed E-state index contributed by atoms with van der Waals surface area (Å²) in [6, 6.07) is 3.37. The Hall–Kier alpha value is -2.28. The average Bonchev–Trinajstić information content (AvgIpc) is 3.14. The van der Waals surface area contributed by atoms with Gasteiger partial charge in [0.15, 0.2) is 6.23 Å². The van der Waals surface area contributed by atoms with E-state index in [0.717, 1.165) is 23.8 Å². The summed E-state index contributed by atoms with van der Waals surface area (Å²) < 4.78 is 6.54. The van der Waals surface area contributed by atoms with Gasteiger partial charge in [-0.25, -0.2) is 4.79 Å². The Kier molecular flexibility index (Phi) is 12.8. The molecule has 1 aromatic heterocycles. The SMILES string of the molecule is CCCCCCCCCCCCCCC(=O)Nc1ccn([C@@H]2O[C@H](CO)C(O)C2C#N)c(=O)n1. The smallest absolute Gasteiger partial charge is 0.351 e. The van der Waals surface area contributed by atoms with Crippen LogP contribution in [0.2, 0.25) is 0 Å². The molecule has 1 saturated heterocycles. The summed E-state index contributed by atoms with van der Waals surface area (Å²) in [5.74, 6) is -1.07. The van der Waals surface area contributed by atoms with E-state index in [0.29, 0.717) is 6.42 Å². The number of amides is 1. The Labute approximate surface area is 202 Å². The van der Waals surface area contributed by atoms with Gasteiger partial charge in [0.1, 0.15) is 23.9 Å². The van der Waals surface area contributed by atoms with E-state index in [1.807, 2.05) is 6.07 Å². The number of aliphatic hydroxyl groups is 2. The lowest BCUT2D eigenvalue weighted by atomic mass is 10.0. The quantitative estimate of drug-likeness (QED) is 0.310. The largest absolute Gasteiger partial charge is 0.394 e. The molecular weight excluding hydrogens is 436 g/mol. The Morgan fingerprint density at radius 2 is 1.71 bits per heavy atom. The van der Waals surface area contributed by atoms with Crippen LogP contribution in [0.15, 0.2) is 17.1 Å². The van der Waals surface area contributed by atoms with Gasteiger partial charge in [-0.05, 0) is 12.5 Å². The first kappa shape index (κ1) is 28.0. The Morgan fingerprint density at radius 3 is 2.24 bits per heavy atom. The number of hydrogen-bond acceptors (Lipinski definition) is 7. The number of ether oxygens (including phenoxy) is 1. The third-order valence-electron chi connectivity index (χ3n) is 6.33. The average molecular weight is 477 g/mol. The number of unbranched alkanes of at least 4 members (excludes halogenated alkanes) is 11. The van der Waals surface area contributed by atoms with Crippen molar-refractivity contribution in [1.82, 2.24) is 9.55 Å². The lowest BCUT2D eigenvalue weighted by Crippen LogP contribution is -2.32. The fourth-order valence-corrected chi connectivity index (χ4v) is 4.28. The van der Waals surface area contributed by atoms with Gasteiger partial charge in [0.2, 0.25) is 5.91 Å². The van der Waals surface area contributed by atoms with Crippen LogP contribution in [0.25, 0.3) is 0 Å². The maximum atomic E-state index is 12.4. The first-order valence-corrected chi connectivity index (χ1v) is 12.7. The molecule has 0 spiro atoms. The molecule has 9 heteroatoms. The minimum Gasteiger partial charge on any atom is -0.394 e. The normalized spacial score (nSPS) is 21.9. The van der Waals surface area contributed by atoms with E-state index in [-0.39, 0.29) is 11.7 Å². The lowest BCUT2D eigenvalue weighted by Gasteiger charge is -2.16. The third-order valence-corrected chi connectivity index (χ3v) is 6.33. The zero-order chi connectivity index (χ0) is 24.8. The van der Waals surface area contributed by atoms with Gasteiger partial charge in [-0.15, -0.1) is 0 Å². The minimum absolute atomic E-state index is 0.135. The highest BCUT2D eigenvalue weighted by Crippen LogP contribution is 2.33. The van der Waals surface area contributed by atoms with Crippen LogP contribution in [-0.2, 0) is 9.53 Å². The summed E-state index contributed by atoms with van der Waals surface area (Å²) in [7, 11) is 0. The maximum Gasteiger partial charge on any atom is 0.351 e. The highest BCUT2D eigenvalue weighted by atomic mass is 16.5. The van der Waals surface area contributed by atoms with Crippen LogP contribution in [0, 0.1) is 17.2 Å². The van der Waals surface area contributed by atoms with Crippen molar-refractivity contribution < 1.29 is 19.7 Å². The molecule has 190 valence electrons. The second-order valence-corrected chi connectivity index (χ2v) is 9.08. The van der Waals surface area contributed by atoms with Crippen LogP contribution in [-0.4, -0.2) is 44.5 Å². The second-order valence-electron chi connectivity index (χ2n) is 9.08. The van der Waals surface area contributed by atoms with E-state index >= 15 is 0 Å². The fraction of sp³-hybridized carbons (Fsp3) is 0.760. The summed E-state index contributed by atoms with van der Waals surface area (Å²) in [6.45, 7) is 1.77. The van der Waals surface area contributed by atoms with Crippen LogP contribution in [0.1, 0.15) is 96.6 Å². The number of aliphatic hydroxyl groups excluding tert-OH is 2. The van der Waals surface area contributed by atoms with E-state index in [9.17, 15) is 25.1 Å². The van der Waals surface area contributed by atoms with E-state index in [1.54, 1.807) is 0 Å². The number of carbonyl (C=O) groups is 1. The number of nitriles is 1. The molecule has 0 aliphatic carbocycles. The molecule has 9 nitrogen and oxygen atoms in total. The number of anilines is 1. The van der Waals surface area contributed by atoms with Gasteiger partial charge in [-0.3, -0.25) is 9.36 Å². The van der Waals surface area contributed by atoms with Gasteiger partial charge in [-0.2, -0.15) is 10.2 Å². The van der Waals surface area contributed by atoms with E-state index in [2.05, 4.69) is 17.2 Å². The molecular formula is C25H40N4O5. The summed E-state index contributed by atoms with van der Waals surface area (Å²) in [4.78, 5) is 28.4. The van der Waals surface area contributed by atoms with E-state index in [1.165, 1.54) is 70.1 Å². The van der Waals surface area contributed by atoms with Gasteiger partial charge in [-0.1, -0.05) is 77.6 Å². The molecule has 1 amide bonds. The molecule has 34 heavy (non-hydrogen) atoms. The van der Waals surface area contributed by atoms with Crippen molar-refractivity contribution in [2.24, 2.45) is 5.92 Å². The van der Waals surface area contributed by atoms with Crippen molar-refractivity contribution >= 4 is 11.7 Å². The topological polar surface area (TPSA) is 137 Å². The van der Waals surface area contributed by atoms with Crippen LogP contribution in [0.3, 0.4) is 0 Å². The zero-order valence-corrected chi connectivity index (χ0v) is 20.3. The summed E-state index contributed by atoms with van der Waals surface area (Å²) in [5.41, 5.74) is -0.709. The van der Waals surface area contributed by atoms with Crippen molar-refractivity contribution in [3.63, 3.8) is 0 Å². The fourth-order valence-electron chi connectivity index (χ4n) is 4.28. The number of carbonyl (C=O) groups excluding carboxylic acids is 1. The Bertz CT molecular complexity index is 837. The monoisotopic (exact) mass is 476 g/mol. The van der Waals surface area contributed by atoms with Crippen LogP contribution in [0.5, 0.6) is 0 Å². The molecule has 1 aromatic rings. The predicted molar refractivity (Wildman–Crippen MR) is 129 cm³/mol. The number of hydrogen-bond donors (Lipinski definition) is 3. The highest BCUT2D eigenvalue weighted by molar-refractivity contribution is 5.89. The van der Waals surface area contributed by atoms with Gasteiger partial charge in [0.25, 0.3) is 0 Å². The molecule has 0 radical (unpaired) electrons. The Morgan fingerprint density at radius 1 is 1.12 bits per heavy atom. The van der Waals surface area contributed by atoms with Gasteiger partial charge in [0, 0.05) is 12.6 Å².